The zero-order valence-electron chi connectivity index (χ0n) is 18.9. The van der Waals surface area contributed by atoms with Gasteiger partial charge in [0.25, 0.3) is 0 Å². The standard InChI is InChI=1S/C25H28N2O4S/c1-5-19-14-20-9-10-21(15-23(20)27-24(19)30-3)25(2,17-26)16-18-7-6-8-22(13-18)31-11-12-32(4,28)29/h6-10,13-15H,5,11-12,16H2,1-4H3. The first kappa shape index (κ1) is 23.6. The number of benzene rings is 2. The van der Waals surface area contributed by atoms with Crippen LogP contribution >= 0.6 is 0 Å². The lowest BCUT2D eigenvalue weighted by molar-refractivity contribution is 0.340. The summed E-state index contributed by atoms with van der Waals surface area (Å²) >= 11 is 0. The van der Waals surface area contributed by atoms with Crippen LogP contribution in [-0.4, -0.2) is 39.1 Å². The summed E-state index contributed by atoms with van der Waals surface area (Å²) in [5.74, 6) is 1.15. The highest BCUT2D eigenvalue weighted by atomic mass is 32.2. The number of aromatic nitrogens is 1. The highest BCUT2D eigenvalue weighted by Crippen LogP contribution is 2.32. The molecule has 1 heterocycles. The SMILES string of the molecule is CCc1cc2ccc(C(C)(C#N)Cc3cccc(OCCS(C)(=O)=O)c3)cc2nc1OC. The summed E-state index contributed by atoms with van der Waals surface area (Å²) in [4.78, 5) is 4.65. The second-order valence-electron chi connectivity index (χ2n) is 8.16. The second-order valence-corrected chi connectivity index (χ2v) is 10.4. The van der Waals surface area contributed by atoms with Gasteiger partial charge in [-0.25, -0.2) is 13.4 Å². The summed E-state index contributed by atoms with van der Waals surface area (Å²) in [5.41, 5.74) is 2.85. The molecule has 0 aliphatic heterocycles. The quantitative estimate of drug-likeness (QED) is 0.482. The Balaban J connectivity index is 1.87. The lowest BCUT2D eigenvalue weighted by Crippen LogP contribution is -2.23. The van der Waals surface area contributed by atoms with Crippen molar-refractivity contribution in [1.29, 1.82) is 5.26 Å². The maximum Gasteiger partial charge on any atom is 0.216 e. The zero-order valence-corrected chi connectivity index (χ0v) is 19.7. The first-order chi connectivity index (χ1) is 15.2. The highest BCUT2D eigenvalue weighted by molar-refractivity contribution is 7.90. The molecule has 0 aliphatic rings. The van der Waals surface area contributed by atoms with E-state index in [1.807, 2.05) is 43.3 Å². The largest absolute Gasteiger partial charge is 0.493 e. The van der Waals surface area contributed by atoms with Crippen molar-refractivity contribution in [3.05, 3.63) is 65.2 Å². The Kier molecular flexibility index (Phi) is 7.05. The van der Waals surface area contributed by atoms with Crippen molar-refractivity contribution in [3.63, 3.8) is 0 Å². The number of rotatable bonds is 9. The fraction of sp³-hybridized carbons (Fsp3) is 0.360. The Morgan fingerprint density at radius 2 is 1.94 bits per heavy atom. The van der Waals surface area contributed by atoms with Crippen LogP contribution in [0.1, 0.15) is 30.5 Å². The molecule has 3 rings (SSSR count). The smallest absolute Gasteiger partial charge is 0.216 e. The Bertz CT molecular complexity index is 1260. The van der Waals surface area contributed by atoms with Crippen LogP contribution in [0.3, 0.4) is 0 Å². The summed E-state index contributed by atoms with van der Waals surface area (Å²) in [7, 11) is -1.47. The van der Waals surface area contributed by atoms with Crippen LogP contribution < -0.4 is 9.47 Å². The number of aryl methyl sites for hydroxylation is 1. The Labute approximate surface area is 189 Å². The molecule has 2 aromatic carbocycles. The minimum atomic E-state index is -3.08. The van der Waals surface area contributed by atoms with Gasteiger partial charge in [0.1, 0.15) is 12.4 Å². The number of nitriles is 1. The Morgan fingerprint density at radius 1 is 1.16 bits per heavy atom. The van der Waals surface area contributed by atoms with Gasteiger partial charge in [-0.2, -0.15) is 5.26 Å². The molecule has 0 N–H and O–H groups in total. The first-order valence-electron chi connectivity index (χ1n) is 10.5. The summed E-state index contributed by atoms with van der Waals surface area (Å²) < 4.78 is 33.7. The molecule has 0 radical (unpaired) electrons. The van der Waals surface area contributed by atoms with Crippen molar-refractivity contribution in [2.24, 2.45) is 0 Å². The van der Waals surface area contributed by atoms with Gasteiger partial charge >= 0.3 is 0 Å². The molecular weight excluding hydrogens is 424 g/mol. The van der Waals surface area contributed by atoms with Crippen LogP contribution in [0.15, 0.2) is 48.5 Å². The molecule has 32 heavy (non-hydrogen) atoms. The number of nitrogens with zero attached hydrogens (tertiary/aromatic N) is 2. The summed E-state index contributed by atoms with van der Waals surface area (Å²) in [6.07, 6.45) is 2.48. The van der Waals surface area contributed by atoms with Gasteiger partial charge < -0.3 is 9.47 Å². The number of methoxy groups -OCH3 is 1. The molecule has 1 atom stereocenters. The summed E-state index contributed by atoms with van der Waals surface area (Å²) in [6, 6.07) is 17.9. The normalized spacial score (nSPS) is 13.3. The van der Waals surface area contributed by atoms with E-state index in [1.54, 1.807) is 13.2 Å². The van der Waals surface area contributed by atoms with Gasteiger partial charge in [0.2, 0.25) is 5.88 Å². The summed E-state index contributed by atoms with van der Waals surface area (Å²) in [6.45, 7) is 4.06. The van der Waals surface area contributed by atoms with Gasteiger partial charge in [-0.05, 0) is 55.2 Å². The molecule has 3 aromatic rings. The van der Waals surface area contributed by atoms with E-state index in [2.05, 4.69) is 24.0 Å². The third-order valence-corrected chi connectivity index (χ3v) is 6.40. The minimum Gasteiger partial charge on any atom is -0.493 e. The van der Waals surface area contributed by atoms with Gasteiger partial charge in [0.05, 0.1) is 29.9 Å². The number of ether oxygens (including phenoxy) is 2. The van der Waals surface area contributed by atoms with Crippen molar-refractivity contribution in [3.8, 4) is 17.7 Å². The molecule has 168 valence electrons. The zero-order chi connectivity index (χ0) is 23.4. The molecule has 0 saturated carbocycles. The van der Waals surface area contributed by atoms with Crippen molar-refractivity contribution in [2.75, 3.05) is 25.7 Å². The van der Waals surface area contributed by atoms with Crippen molar-refractivity contribution >= 4 is 20.7 Å². The van der Waals surface area contributed by atoms with Crippen LogP contribution in [0.4, 0.5) is 0 Å². The van der Waals surface area contributed by atoms with Crippen molar-refractivity contribution in [1.82, 2.24) is 4.98 Å². The molecule has 0 fully saturated rings. The highest BCUT2D eigenvalue weighted by Gasteiger charge is 2.28. The van der Waals surface area contributed by atoms with Crippen LogP contribution in [0, 0.1) is 11.3 Å². The maximum atomic E-state index is 11.3. The Hall–Kier alpha value is -3.11. The Morgan fingerprint density at radius 3 is 2.59 bits per heavy atom. The molecule has 6 nitrogen and oxygen atoms in total. The fourth-order valence-corrected chi connectivity index (χ4v) is 4.02. The topological polar surface area (TPSA) is 89.3 Å². The van der Waals surface area contributed by atoms with Gasteiger partial charge in [-0.1, -0.05) is 31.2 Å². The van der Waals surface area contributed by atoms with E-state index in [1.165, 1.54) is 6.26 Å². The number of sulfone groups is 1. The van der Waals surface area contributed by atoms with Crippen LogP contribution in [0.2, 0.25) is 0 Å². The van der Waals surface area contributed by atoms with Gasteiger partial charge in [0, 0.05) is 17.2 Å². The van der Waals surface area contributed by atoms with Gasteiger partial charge in [0.15, 0.2) is 9.84 Å². The fourth-order valence-electron chi connectivity index (χ4n) is 3.64. The van der Waals surface area contributed by atoms with Gasteiger partial charge in [-0.15, -0.1) is 0 Å². The van der Waals surface area contributed by atoms with E-state index in [4.69, 9.17) is 9.47 Å². The van der Waals surface area contributed by atoms with Crippen LogP contribution in [0.5, 0.6) is 11.6 Å². The molecular formula is C25H28N2O4S. The average molecular weight is 453 g/mol. The molecule has 0 amide bonds. The summed E-state index contributed by atoms with van der Waals surface area (Å²) in [5, 5.41) is 11.1. The van der Waals surface area contributed by atoms with E-state index >= 15 is 0 Å². The number of hydrogen-bond acceptors (Lipinski definition) is 6. The third kappa shape index (κ3) is 5.57. The first-order valence-corrected chi connectivity index (χ1v) is 12.5. The number of fused-ring (bicyclic) bond motifs is 1. The van der Waals surface area contributed by atoms with E-state index < -0.39 is 15.3 Å². The van der Waals surface area contributed by atoms with E-state index in [0.29, 0.717) is 18.1 Å². The molecule has 0 spiro atoms. The van der Waals surface area contributed by atoms with Crippen molar-refractivity contribution < 1.29 is 17.9 Å². The van der Waals surface area contributed by atoms with Crippen LogP contribution in [-0.2, 0) is 28.1 Å². The minimum absolute atomic E-state index is 0.0412. The predicted molar refractivity (Wildman–Crippen MR) is 126 cm³/mol. The third-order valence-electron chi connectivity index (χ3n) is 5.49. The predicted octanol–water partition coefficient (Wildman–Crippen LogP) is 4.25. The lowest BCUT2D eigenvalue weighted by Gasteiger charge is -2.23. The van der Waals surface area contributed by atoms with Crippen LogP contribution in [0.25, 0.3) is 10.9 Å². The second kappa shape index (κ2) is 9.58. The van der Waals surface area contributed by atoms with E-state index in [0.717, 1.165) is 34.0 Å². The molecule has 0 bridgehead atoms. The van der Waals surface area contributed by atoms with E-state index in [-0.39, 0.29) is 12.4 Å². The number of hydrogen-bond donors (Lipinski definition) is 0. The monoisotopic (exact) mass is 452 g/mol. The number of pyridine rings is 1. The molecule has 1 unspecified atom stereocenters. The van der Waals surface area contributed by atoms with Crippen molar-refractivity contribution in [2.45, 2.75) is 32.1 Å². The molecule has 1 aromatic heterocycles. The van der Waals surface area contributed by atoms with Gasteiger partial charge in [-0.3, -0.25) is 0 Å². The average Bonchev–Trinajstić information content (AvgIpc) is 2.77. The lowest BCUT2D eigenvalue weighted by atomic mass is 9.78. The maximum absolute atomic E-state index is 11.3. The molecule has 7 heteroatoms. The molecule has 0 saturated heterocycles. The van der Waals surface area contributed by atoms with E-state index in [9.17, 15) is 13.7 Å². The molecule has 0 aliphatic carbocycles.